The van der Waals surface area contributed by atoms with Crippen LogP contribution in [0, 0.1) is 0 Å². The highest BCUT2D eigenvalue weighted by atomic mass is 14.0. The Bertz CT molecular complexity index is 491. The van der Waals surface area contributed by atoms with Gasteiger partial charge in [0.2, 0.25) is 0 Å². The van der Waals surface area contributed by atoms with Crippen LogP contribution in [0.3, 0.4) is 0 Å². The molecule has 19 heavy (non-hydrogen) atoms. The van der Waals surface area contributed by atoms with Crippen LogP contribution < -0.4 is 5.46 Å². The highest BCUT2D eigenvalue weighted by Gasteiger charge is 2.17. The molecule has 0 aromatic heterocycles. The predicted molar refractivity (Wildman–Crippen MR) is 88.8 cm³/mol. The van der Waals surface area contributed by atoms with Crippen LogP contribution in [0.25, 0.3) is 10.8 Å². The largest absolute Gasteiger partial charge is 0.176 e. The van der Waals surface area contributed by atoms with E-state index >= 15 is 0 Å². The first-order valence-corrected chi connectivity index (χ1v) is 7.84. The van der Waals surface area contributed by atoms with Gasteiger partial charge in [-0.15, -0.1) is 0 Å². The van der Waals surface area contributed by atoms with Crippen molar-refractivity contribution >= 4 is 22.9 Å². The molecule has 0 atom stereocenters. The second-order valence-electron chi connectivity index (χ2n) is 5.55. The van der Waals surface area contributed by atoms with E-state index in [1.807, 2.05) is 0 Å². The molecule has 0 saturated heterocycles. The molecule has 0 aliphatic carbocycles. The lowest BCUT2D eigenvalue weighted by Crippen LogP contribution is -2.30. The summed E-state index contributed by atoms with van der Waals surface area (Å²) in [5, 5.41) is 2.85. The Morgan fingerprint density at radius 2 is 1.42 bits per heavy atom. The van der Waals surface area contributed by atoms with E-state index in [2.05, 4.69) is 56.3 Å². The Kier molecular flexibility index (Phi) is 5.51. The topological polar surface area (TPSA) is 0 Å². The van der Waals surface area contributed by atoms with E-state index in [4.69, 9.17) is 0 Å². The van der Waals surface area contributed by atoms with Gasteiger partial charge in [-0.1, -0.05) is 100 Å². The summed E-state index contributed by atoms with van der Waals surface area (Å²) in [6, 6.07) is 15.6. The van der Waals surface area contributed by atoms with Crippen LogP contribution in [0.5, 0.6) is 0 Å². The van der Waals surface area contributed by atoms with Gasteiger partial charge >= 0.3 is 0 Å². The van der Waals surface area contributed by atoms with E-state index in [0.29, 0.717) is 0 Å². The summed E-state index contributed by atoms with van der Waals surface area (Å²) in [5.41, 5.74) is 1.57. The average Bonchev–Trinajstić information content (AvgIpc) is 2.47. The maximum Gasteiger partial charge on any atom is 0.176 e. The fourth-order valence-electron chi connectivity index (χ4n) is 2.96. The van der Waals surface area contributed by atoms with Gasteiger partial charge in [0.05, 0.1) is 0 Å². The molecule has 0 heterocycles. The van der Waals surface area contributed by atoms with Crippen molar-refractivity contribution in [3.05, 3.63) is 42.5 Å². The molecule has 0 aliphatic heterocycles. The second kappa shape index (κ2) is 7.38. The van der Waals surface area contributed by atoms with E-state index < -0.39 is 0 Å². The molecule has 0 unspecified atom stereocenters. The first-order valence-electron chi connectivity index (χ1n) is 7.84. The van der Waals surface area contributed by atoms with E-state index in [0.717, 1.165) is 6.71 Å². The van der Waals surface area contributed by atoms with Gasteiger partial charge in [0.15, 0.2) is 6.71 Å². The Labute approximate surface area is 118 Å². The zero-order valence-electron chi connectivity index (χ0n) is 12.4. The molecule has 2 aromatic carbocycles. The number of hydrogen-bond acceptors (Lipinski definition) is 0. The third-order valence-electron chi connectivity index (χ3n) is 4.08. The monoisotopic (exact) mass is 252 g/mol. The van der Waals surface area contributed by atoms with Gasteiger partial charge in [0, 0.05) is 0 Å². The minimum atomic E-state index is 0.742. The lowest BCUT2D eigenvalue weighted by molar-refractivity contribution is 0.845. The molecular formula is C18H25B. The van der Waals surface area contributed by atoms with Gasteiger partial charge in [-0.2, -0.15) is 0 Å². The molecule has 0 saturated carbocycles. The normalized spacial score (nSPS) is 10.8. The van der Waals surface area contributed by atoms with E-state index in [1.54, 1.807) is 5.46 Å². The molecule has 0 amide bonds. The SMILES string of the molecule is CCCCB(CCCC)c1cccc2ccccc12. The van der Waals surface area contributed by atoms with Crippen LogP contribution in [0.4, 0.5) is 0 Å². The van der Waals surface area contributed by atoms with Crippen molar-refractivity contribution in [2.24, 2.45) is 0 Å². The first kappa shape index (κ1) is 14.2. The van der Waals surface area contributed by atoms with Gasteiger partial charge < -0.3 is 0 Å². The van der Waals surface area contributed by atoms with Crippen molar-refractivity contribution in [2.45, 2.75) is 52.2 Å². The van der Waals surface area contributed by atoms with Crippen molar-refractivity contribution in [1.29, 1.82) is 0 Å². The Balaban J connectivity index is 2.31. The average molecular weight is 252 g/mol. The Morgan fingerprint density at radius 1 is 0.789 bits per heavy atom. The van der Waals surface area contributed by atoms with Crippen LogP contribution in [0.15, 0.2) is 42.5 Å². The van der Waals surface area contributed by atoms with Crippen molar-refractivity contribution in [2.75, 3.05) is 0 Å². The summed E-state index contributed by atoms with van der Waals surface area (Å²) in [5.74, 6) is 0. The number of rotatable bonds is 7. The van der Waals surface area contributed by atoms with Crippen molar-refractivity contribution in [3.8, 4) is 0 Å². The van der Waals surface area contributed by atoms with Crippen LogP contribution in [0.1, 0.15) is 39.5 Å². The van der Waals surface area contributed by atoms with Gasteiger partial charge in [0.25, 0.3) is 0 Å². The van der Waals surface area contributed by atoms with Crippen LogP contribution in [0.2, 0.25) is 12.6 Å². The Hall–Kier alpha value is -1.24. The maximum atomic E-state index is 2.35. The molecule has 0 spiro atoms. The van der Waals surface area contributed by atoms with Crippen LogP contribution >= 0.6 is 0 Å². The van der Waals surface area contributed by atoms with E-state index in [9.17, 15) is 0 Å². The van der Waals surface area contributed by atoms with E-state index in [-0.39, 0.29) is 0 Å². The smallest absolute Gasteiger partial charge is 0.0724 e. The van der Waals surface area contributed by atoms with Gasteiger partial charge in [-0.3, -0.25) is 0 Å². The molecule has 100 valence electrons. The Morgan fingerprint density at radius 3 is 2.11 bits per heavy atom. The summed E-state index contributed by atoms with van der Waals surface area (Å²) in [6.45, 7) is 5.32. The molecule has 0 bridgehead atoms. The summed E-state index contributed by atoms with van der Waals surface area (Å²) in [7, 11) is 0. The summed E-state index contributed by atoms with van der Waals surface area (Å²) in [6.07, 6.45) is 7.96. The molecule has 0 radical (unpaired) electrons. The first-order chi connectivity index (χ1) is 9.36. The predicted octanol–water partition coefficient (Wildman–Crippen LogP) is 5.14. The lowest BCUT2D eigenvalue weighted by atomic mass is 9.39. The third-order valence-corrected chi connectivity index (χ3v) is 4.08. The summed E-state index contributed by atoms with van der Waals surface area (Å²) in [4.78, 5) is 0. The standard InChI is InChI=1S/C18H25B/c1-3-5-14-19(15-6-4-2)18-13-9-11-16-10-7-8-12-17(16)18/h7-13H,3-6,14-15H2,1-2H3. The molecule has 2 aromatic rings. The number of unbranched alkanes of at least 4 members (excludes halogenated alkanes) is 2. The molecule has 0 N–H and O–H groups in total. The molecule has 1 heteroatoms. The summed E-state index contributed by atoms with van der Waals surface area (Å²) >= 11 is 0. The molecule has 2 rings (SSSR count). The van der Waals surface area contributed by atoms with Gasteiger partial charge in [-0.25, -0.2) is 0 Å². The highest BCUT2D eigenvalue weighted by Crippen LogP contribution is 2.17. The minimum absolute atomic E-state index is 0.742. The maximum absolute atomic E-state index is 2.35. The zero-order chi connectivity index (χ0) is 13.5. The van der Waals surface area contributed by atoms with Crippen LogP contribution in [-0.2, 0) is 0 Å². The van der Waals surface area contributed by atoms with Crippen molar-refractivity contribution in [1.82, 2.24) is 0 Å². The number of hydrogen-bond donors (Lipinski definition) is 0. The van der Waals surface area contributed by atoms with Crippen LogP contribution in [-0.4, -0.2) is 6.71 Å². The van der Waals surface area contributed by atoms with E-state index in [1.165, 1.54) is 49.1 Å². The second-order valence-corrected chi connectivity index (χ2v) is 5.55. The fourth-order valence-corrected chi connectivity index (χ4v) is 2.96. The number of benzene rings is 2. The molecular weight excluding hydrogens is 227 g/mol. The lowest BCUT2D eigenvalue weighted by Gasteiger charge is -2.16. The quantitative estimate of drug-likeness (QED) is 0.598. The van der Waals surface area contributed by atoms with Gasteiger partial charge in [0.1, 0.15) is 0 Å². The van der Waals surface area contributed by atoms with Gasteiger partial charge in [-0.05, 0) is 10.8 Å². The zero-order valence-corrected chi connectivity index (χ0v) is 12.4. The third kappa shape index (κ3) is 3.62. The number of fused-ring (bicyclic) bond motifs is 1. The summed E-state index contributed by atoms with van der Waals surface area (Å²) < 4.78 is 0. The van der Waals surface area contributed by atoms with Crippen molar-refractivity contribution < 1.29 is 0 Å². The molecule has 0 nitrogen and oxygen atoms in total. The van der Waals surface area contributed by atoms with Crippen molar-refractivity contribution in [3.63, 3.8) is 0 Å². The molecule has 0 fully saturated rings. The minimum Gasteiger partial charge on any atom is -0.0724 e. The molecule has 0 aliphatic rings. The fraction of sp³-hybridized carbons (Fsp3) is 0.444. The highest BCUT2D eigenvalue weighted by molar-refractivity contribution is 6.75.